The predicted molar refractivity (Wildman–Crippen MR) is 84.1 cm³/mol. The molecule has 1 heterocycles. The Hall–Kier alpha value is -1.75. The van der Waals surface area contributed by atoms with Crippen molar-refractivity contribution in [1.29, 1.82) is 0 Å². The fraction of sp³-hybridized carbons (Fsp3) is 0.533. The maximum atomic E-state index is 11.3. The molecule has 1 amide bonds. The molecular formula is C15H24N4O. The van der Waals surface area contributed by atoms with Gasteiger partial charge in [0.1, 0.15) is 0 Å². The first-order valence-corrected chi connectivity index (χ1v) is 7.13. The van der Waals surface area contributed by atoms with Crippen LogP contribution in [-0.4, -0.2) is 37.0 Å². The minimum Gasteiger partial charge on any atom is -0.397 e. The Bertz CT molecular complexity index is 499. The number of amides is 1. The molecule has 4 N–H and O–H groups in total. The third-order valence-electron chi connectivity index (χ3n) is 3.79. The van der Waals surface area contributed by atoms with Gasteiger partial charge < -0.3 is 21.3 Å². The summed E-state index contributed by atoms with van der Waals surface area (Å²) < 4.78 is 0. The minimum absolute atomic E-state index is 0.0371. The highest BCUT2D eigenvalue weighted by molar-refractivity contribution is 6.00. The quantitative estimate of drug-likeness (QED) is 0.548. The Morgan fingerprint density at radius 3 is 2.90 bits per heavy atom. The summed E-state index contributed by atoms with van der Waals surface area (Å²) in [6, 6.07) is 4.38. The standard InChI is InChI=1S/C15H24N4O/c1-10(2)19(3)6-4-5-17-14-9-13-11(7-12(14)16)8-15(20)18-13/h7,9-10,17H,4-6,8,16H2,1-3H3,(H,18,20). The number of anilines is 3. The number of nitrogens with zero attached hydrogens (tertiary/aromatic N) is 1. The van der Waals surface area contributed by atoms with Crippen LogP contribution in [0.15, 0.2) is 12.1 Å². The monoisotopic (exact) mass is 276 g/mol. The average molecular weight is 276 g/mol. The van der Waals surface area contributed by atoms with E-state index < -0.39 is 0 Å². The van der Waals surface area contributed by atoms with E-state index in [-0.39, 0.29) is 5.91 Å². The first-order chi connectivity index (χ1) is 9.47. The molecule has 5 nitrogen and oxygen atoms in total. The maximum absolute atomic E-state index is 11.3. The molecule has 1 aromatic rings. The van der Waals surface area contributed by atoms with Gasteiger partial charge in [0.05, 0.1) is 17.8 Å². The van der Waals surface area contributed by atoms with Crippen molar-refractivity contribution in [3.8, 4) is 0 Å². The van der Waals surface area contributed by atoms with Crippen LogP contribution in [0.25, 0.3) is 0 Å². The molecule has 0 saturated carbocycles. The van der Waals surface area contributed by atoms with Crippen molar-refractivity contribution in [3.63, 3.8) is 0 Å². The van der Waals surface area contributed by atoms with Crippen molar-refractivity contribution in [2.45, 2.75) is 32.7 Å². The van der Waals surface area contributed by atoms with E-state index in [2.05, 4.69) is 36.4 Å². The third kappa shape index (κ3) is 3.42. The highest BCUT2D eigenvalue weighted by Gasteiger charge is 2.19. The van der Waals surface area contributed by atoms with E-state index in [1.54, 1.807) is 0 Å². The van der Waals surface area contributed by atoms with Crippen LogP contribution in [-0.2, 0) is 11.2 Å². The fourth-order valence-electron chi connectivity index (χ4n) is 2.26. The Balaban J connectivity index is 1.88. The molecule has 0 aromatic heterocycles. The van der Waals surface area contributed by atoms with Gasteiger partial charge in [0.25, 0.3) is 0 Å². The van der Waals surface area contributed by atoms with Gasteiger partial charge in [-0.1, -0.05) is 0 Å². The third-order valence-corrected chi connectivity index (χ3v) is 3.79. The predicted octanol–water partition coefficient (Wildman–Crippen LogP) is 1.91. The zero-order valence-corrected chi connectivity index (χ0v) is 12.5. The van der Waals surface area contributed by atoms with Crippen LogP contribution >= 0.6 is 0 Å². The highest BCUT2D eigenvalue weighted by atomic mass is 16.1. The van der Waals surface area contributed by atoms with Crippen molar-refractivity contribution < 1.29 is 4.79 Å². The zero-order chi connectivity index (χ0) is 14.7. The second-order valence-corrected chi connectivity index (χ2v) is 5.68. The number of benzene rings is 1. The normalized spacial score (nSPS) is 13.8. The summed E-state index contributed by atoms with van der Waals surface area (Å²) in [7, 11) is 2.13. The molecule has 1 aromatic carbocycles. The smallest absolute Gasteiger partial charge is 0.228 e. The summed E-state index contributed by atoms with van der Waals surface area (Å²) >= 11 is 0. The van der Waals surface area contributed by atoms with Crippen molar-refractivity contribution in [2.24, 2.45) is 0 Å². The molecule has 110 valence electrons. The average Bonchev–Trinajstić information content (AvgIpc) is 2.73. The molecule has 0 bridgehead atoms. The van der Waals surface area contributed by atoms with E-state index in [4.69, 9.17) is 5.73 Å². The molecule has 0 aliphatic carbocycles. The van der Waals surface area contributed by atoms with Gasteiger partial charge in [0, 0.05) is 18.3 Å². The molecule has 0 saturated heterocycles. The summed E-state index contributed by atoms with van der Waals surface area (Å²) in [6.45, 7) is 6.30. The lowest BCUT2D eigenvalue weighted by Gasteiger charge is -2.21. The fourth-order valence-corrected chi connectivity index (χ4v) is 2.26. The number of hydrogen-bond donors (Lipinski definition) is 3. The molecule has 20 heavy (non-hydrogen) atoms. The Kier molecular flexibility index (Phi) is 4.49. The highest BCUT2D eigenvalue weighted by Crippen LogP contribution is 2.31. The van der Waals surface area contributed by atoms with Crippen molar-refractivity contribution in [2.75, 3.05) is 36.5 Å². The van der Waals surface area contributed by atoms with Gasteiger partial charge in [-0.05, 0) is 51.6 Å². The minimum atomic E-state index is 0.0371. The van der Waals surface area contributed by atoms with Crippen LogP contribution < -0.4 is 16.4 Å². The second kappa shape index (κ2) is 6.13. The lowest BCUT2D eigenvalue weighted by Crippen LogP contribution is -2.28. The molecule has 1 aliphatic heterocycles. The van der Waals surface area contributed by atoms with Gasteiger partial charge in [-0.25, -0.2) is 0 Å². The van der Waals surface area contributed by atoms with Crippen LogP contribution in [0, 0.1) is 0 Å². The lowest BCUT2D eigenvalue weighted by atomic mass is 10.1. The van der Waals surface area contributed by atoms with E-state index in [0.29, 0.717) is 18.2 Å². The molecule has 1 aliphatic rings. The summed E-state index contributed by atoms with van der Waals surface area (Å²) in [5.41, 5.74) is 9.49. The summed E-state index contributed by atoms with van der Waals surface area (Å²) in [6.07, 6.45) is 1.48. The molecule has 0 fully saturated rings. The number of fused-ring (bicyclic) bond motifs is 1. The molecule has 5 heteroatoms. The van der Waals surface area contributed by atoms with Gasteiger partial charge in [0.15, 0.2) is 0 Å². The van der Waals surface area contributed by atoms with Crippen molar-refractivity contribution in [1.82, 2.24) is 4.90 Å². The number of carbonyl (C=O) groups excluding carboxylic acids is 1. The van der Waals surface area contributed by atoms with Crippen LogP contribution in [0.3, 0.4) is 0 Å². The van der Waals surface area contributed by atoms with E-state index in [1.165, 1.54) is 0 Å². The van der Waals surface area contributed by atoms with E-state index in [9.17, 15) is 4.79 Å². The van der Waals surface area contributed by atoms with Crippen molar-refractivity contribution >= 4 is 23.0 Å². The van der Waals surface area contributed by atoms with Crippen LogP contribution in [0.5, 0.6) is 0 Å². The Labute approximate surface area is 120 Å². The van der Waals surface area contributed by atoms with Gasteiger partial charge in [-0.3, -0.25) is 4.79 Å². The van der Waals surface area contributed by atoms with Gasteiger partial charge in [-0.2, -0.15) is 0 Å². The maximum Gasteiger partial charge on any atom is 0.228 e. The number of nitrogen functional groups attached to an aromatic ring is 1. The Morgan fingerprint density at radius 2 is 2.20 bits per heavy atom. The molecular weight excluding hydrogens is 252 g/mol. The van der Waals surface area contributed by atoms with Gasteiger partial charge in [0.2, 0.25) is 5.91 Å². The topological polar surface area (TPSA) is 70.4 Å². The number of carbonyl (C=O) groups is 1. The summed E-state index contributed by atoms with van der Waals surface area (Å²) in [5, 5.41) is 6.19. The van der Waals surface area contributed by atoms with E-state index in [1.807, 2.05) is 12.1 Å². The number of hydrogen-bond acceptors (Lipinski definition) is 4. The van der Waals surface area contributed by atoms with Crippen LogP contribution in [0.2, 0.25) is 0 Å². The lowest BCUT2D eigenvalue weighted by molar-refractivity contribution is -0.115. The Morgan fingerprint density at radius 1 is 1.45 bits per heavy atom. The van der Waals surface area contributed by atoms with Crippen LogP contribution in [0.4, 0.5) is 17.1 Å². The van der Waals surface area contributed by atoms with E-state index in [0.717, 1.165) is 36.4 Å². The first-order valence-electron chi connectivity index (χ1n) is 7.13. The van der Waals surface area contributed by atoms with Gasteiger partial charge in [-0.15, -0.1) is 0 Å². The largest absolute Gasteiger partial charge is 0.397 e. The van der Waals surface area contributed by atoms with Gasteiger partial charge >= 0.3 is 0 Å². The second-order valence-electron chi connectivity index (χ2n) is 5.68. The molecule has 0 atom stereocenters. The first kappa shape index (κ1) is 14.7. The van der Waals surface area contributed by atoms with Crippen LogP contribution in [0.1, 0.15) is 25.8 Å². The molecule has 0 radical (unpaired) electrons. The number of nitrogens with one attached hydrogen (secondary N) is 2. The molecule has 0 unspecified atom stereocenters. The zero-order valence-electron chi connectivity index (χ0n) is 12.5. The molecule has 0 spiro atoms. The number of nitrogens with two attached hydrogens (primary N) is 1. The van der Waals surface area contributed by atoms with Crippen molar-refractivity contribution in [3.05, 3.63) is 17.7 Å². The number of rotatable bonds is 6. The molecule has 2 rings (SSSR count). The SMILES string of the molecule is CC(C)N(C)CCCNc1cc2c(cc1N)CC(=O)N2. The summed E-state index contributed by atoms with van der Waals surface area (Å²) in [4.78, 5) is 13.7. The summed E-state index contributed by atoms with van der Waals surface area (Å²) in [5.74, 6) is 0.0371. The van der Waals surface area contributed by atoms with E-state index >= 15 is 0 Å².